The minimum Gasteiger partial charge on any atom is -0.279 e. The summed E-state index contributed by atoms with van der Waals surface area (Å²) in [7, 11) is 0. The van der Waals surface area contributed by atoms with Gasteiger partial charge in [-0.15, -0.1) is 0 Å². The van der Waals surface area contributed by atoms with Crippen molar-refractivity contribution in [2.45, 2.75) is 30.1 Å². The van der Waals surface area contributed by atoms with Crippen LogP contribution in [0.15, 0.2) is 400 Å². The van der Waals surface area contributed by atoms with Gasteiger partial charge in [-0.25, -0.2) is 19.9 Å². The molecule has 4 aliphatic carbocycles. The van der Waals surface area contributed by atoms with E-state index in [-0.39, 0.29) is 5.41 Å². The van der Waals surface area contributed by atoms with Crippen LogP contribution >= 0.6 is 0 Å². The van der Waals surface area contributed by atoms with E-state index in [0.29, 0.717) is 0 Å². The first-order valence-corrected chi connectivity index (χ1v) is 44.1. The van der Waals surface area contributed by atoms with Crippen LogP contribution < -0.4 is 0 Å². The first-order chi connectivity index (χ1) is 62.7. The molecule has 0 atom stereocenters. The molecule has 0 radical (unpaired) electrons. The summed E-state index contributed by atoms with van der Waals surface area (Å²) in [5, 5.41) is 11.2. The molecular formula is C119H72N8. The number of hydrogen-bond donors (Lipinski definition) is 0. The SMILES string of the molecule is CC1(C)c2ccccc2-c2ccc(-c3c4ccccc4c(-c4ccc5c6ccccc6n(-c6nc7ccccc7c7nc8ccccc8n67)c5c4)c4ccc(-c5ccc6nc(-n7c8ccccc8c8ccc(-c9ccc%10c(c9)C9(c%11ccccc%11-c%11ccccc%119)c9ccccc9C%109c%10ccccc%10-c%10ccccc%109)cc87)n7c8ccccc8nc7c6c5)cc34)cc21. The average molecular weight is 1610 g/mol. The van der Waals surface area contributed by atoms with Gasteiger partial charge in [0.25, 0.3) is 0 Å². The number of para-hydroxylation sites is 7. The Hall–Kier alpha value is -16.4. The molecule has 19 aromatic carbocycles. The molecule has 0 bridgehead atoms. The van der Waals surface area contributed by atoms with Gasteiger partial charge in [0.05, 0.1) is 66.0 Å². The molecule has 6 aromatic heterocycles. The van der Waals surface area contributed by atoms with Crippen LogP contribution in [0.5, 0.6) is 0 Å². The molecule has 0 fully saturated rings. The smallest absolute Gasteiger partial charge is 0.221 e. The van der Waals surface area contributed by atoms with Crippen LogP contribution in [-0.4, -0.2) is 37.9 Å². The number of fused-ring (bicyclic) bond motifs is 37. The van der Waals surface area contributed by atoms with Crippen LogP contribution in [0.3, 0.4) is 0 Å². The zero-order valence-electron chi connectivity index (χ0n) is 69.2. The Morgan fingerprint density at radius 3 is 1.07 bits per heavy atom. The minimum absolute atomic E-state index is 0.228. The summed E-state index contributed by atoms with van der Waals surface area (Å²) in [4.78, 5) is 22.6. The molecule has 0 amide bonds. The lowest BCUT2D eigenvalue weighted by Gasteiger charge is -2.49. The highest BCUT2D eigenvalue weighted by molar-refractivity contribution is 6.24. The van der Waals surface area contributed by atoms with Gasteiger partial charge in [0, 0.05) is 37.7 Å². The predicted molar refractivity (Wildman–Crippen MR) is 521 cm³/mol. The van der Waals surface area contributed by atoms with Crippen molar-refractivity contribution < 1.29 is 0 Å². The monoisotopic (exact) mass is 1610 g/mol. The van der Waals surface area contributed by atoms with E-state index in [4.69, 9.17) is 19.9 Å². The molecule has 6 heterocycles. The summed E-state index contributed by atoms with van der Waals surface area (Å²) < 4.78 is 9.37. The number of hydrogen-bond acceptors (Lipinski definition) is 4. The maximum absolute atomic E-state index is 5.97. The van der Waals surface area contributed by atoms with Crippen LogP contribution in [0.2, 0.25) is 0 Å². The van der Waals surface area contributed by atoms with E-state index in [9.17, 15) is 0 Å². The lowest BCUT2D eigenvalue weighted by molar-refractivity contribution is 0.633. The summed E-state index contributed by atoms with van der Waals surface area (Å²) >= 11 is 0. The number of benzene rings is 19. The summed E-state index contributed by atoms with van der Waals surface area (Å²) in [6.45, 7) is 4.78. The predicted octanol–water partition coefficient (Wildman–Crippen LogP) is 28.9. The number of imidazole rings is 2. The van der Waals surface area contributed by atoms with Crippen molar-refractivity contribution in [2.24, 2.45) is 0 Å². The van der Waals surface area contributed by atoms with Crippen molar-refractivity contribution in [2.75, 3.05) is 0 Å². The van der Waals surface area contributed by atoms with Gasteiger partial charge in [0.15, 0.2) is 0 Å². The number of rotatable bonds is 6. The van der Waals surface area contributed by atoms with Gasteiger partial charge in [-0.2, -0.15) is 0 Å². The Morgan fingerprint density at radius 2 is 0.512 bits per heavy atom. The Bertz CT molecular complexity index is 9210. The lowest BCUT2D eigenvalue weighted by atomic mass is 9.52. The first-order valence-electron chi connectivity index (χ1n) is 44.1. The van der Waals surface area contributed by atoms with E-state index < -0.39 is 10.8 Å². The maximum atomic E-state index is 5.97. The third kappa shape index (κ3) is 8.90. The fourth-order valence-electron chi connectivity index (χ4n) is 24.2. The van der Waals surface area contributed by atoms with Crippen LogP contribution in [0.4, 0.5) is 0 Å². The Morgan fingerprint density at radius 1 is 0.189 bits per heavy atom. The van der Waals surface area contributed by atoms with Gasteiger partial charge < -0.3 is 0 Å². The van der Waals surface area contributed by atoms with Crippen LogP contribution in [-0.2, 0) is 16.2 Å². The second-order valence-corrected chi connectivity index (χ2v) is 35.7. The Balaban J connectivity index is 0.636. The molecule has 127 heavy (non-hydrogen) atoms. The van der Waals surface area contributed by atoms with Crippen LogP contribution in [0.25, 0.3) is 210 Å². The second-order valence-electron chi connectivity index (χ2n) is 35.7. The van der Waals surface area contributed by atoms with Crippen molar-refractivity contribution in [1.29, 1.82) is 0 Å². The zero-order chi connectivity index (χ0) is 83.0. The van der Waals surface area contributed by atoms with Gasteiger partial charge in [0.2, 0.25) is 11.9 Å². The van der Waals surface area contributed by atoms with Crippen LogP contribution in [0.1, 0.15) is 69.5 Å². The summed E-state index contributed by atoms with van der Waals surface area (Å²) in [5.41, 5.74) is 39.9. The fraction of sp³-hybridized carbons (Fsp3) is 0.0420. The quantitative estimate of drug-likeness (QED) is 0.156. The third-order valence-corrected chi connectivity index (χ3v) is 29.4. The van der Waals surface area contributed by atoms with Crippen molar-refractivity contribution in [1.82, 2.24) is 37.9 Å². The Kier molecular flexibility index (Phi) is 13.6. The van der Waals surface area contributed by atoms with E-state index in [1.165, 1.54) is 111 Å². The molecule has 4 aliphatic rings. The van der Waals surface area contributed by atoms with Crippen molar-refractivity contribution in [3.63, 3.8) is 0 Å². The highest BCUT2D eigenvalue weighted by Crippen LogP contribution is 2.68. The molecule has 0 aliphatic heterocycles. The van der Waals surface area contributed by atoms with Gasteiger partial charge in [-0.05, 0) is 246 Å². The molecule has 25 aromatic rings. The molecule has 8 heteroatoms. The van der Waals surface area contributed by atoms with Crippen molar-refractivity contribution >= 4 is 120 Å². The second kappa shape index (κ2) is 24.9. The molecule has 588 valence electrons. The standard InChI is InChI=1S/C119H72N8/c1-117(2)91-37-13-5-27-75(91)80-57-53-73(66-99(80)117)112-86-35-4-3-34-85(86)111(74-54-59-84-82-33-12-24-48-106(82)125(110(84)68-74)115-122-101-44-20-10-36-88(101)113-120-103-45-21-25-49-107(103)126(113)115)87-60-52-69(63-89(87)112)70-56-62-102-90(64-70)114-121-104-46-22-26-50-108(104)127(114)116(123-102)124-105-47-23-11-32-81(105)83-58-51-72(67-109(83)124)71-55-61-98-100(65-71)119(94-40-16-8-30-78(94)79-31-9-17-41-95(79)119)97-43-19-18-42-96(97)118(98)92-38-14-6-28-76(92)77-29-7-15-39-93(77)118/h3-68H,1-2H3. The van der Waals surface area contributed by atoms with Gasteiger partial charge in [0.1, 0.15) is 11.3 Å². The average Bonchev–Trinajstić information content (AvgIpc) is 1.54. The lowest BCUT2D eigenvalue weighted by Crippen LogP contribution is -2.43. The van der Waals surface area contributed by atoms with Gasteiger partial charge in [-0.1, -0.05) is 323 Å². The molecule has 29 rings (SSSR count). The topological polar surface area (TPSA) is 70.2 Å². The summed E-state index contributed by atoms with van der Waals surface area (Å²) in [5.74, 6) is 1.55. The third-order valence-electron chi connectivity index (χ3n) is 29.4. The highest BCUT2D eigenvalue weighted by atomic mass is 15.2. The molecule has 0 saturated carbocycles. The van der Waals surface area contributed by atoms with E-state index >= 15 is 0 Å². The summed E-state index contributed by atoms with van der Waals surface area (Å²) in [6, 6.07) is 150. The number of aromatic nitrogens is 8. The van der Waals surface area contributed by atoms with E-state index in [0.717, 1.165) is 155 Å². The zero-order valence-corrected chi connectivity index (χ0v) is 69.2. The van der Waals surface area contributed by atoms with Crippen LogP contribution in [0, 0.1) is 0 Å². The largest absolute Gasteiger partial charge is 0.279 e. The fourth-order valence-corrected chi connectivity index (χ4v) is 24.2. The van der Waals surface area contributed by atoms with E-state index in [1.54, 1.807) is 0 Å². The minimum atomic E-state index is -0.648. The molecule has 0 saturated heterocycles. The van der Waals surface area contributed by atoms with E-state index in [1.807, 2.05) is 0 Å². The number of nitrogens with zero attached hydrogens (tertiary/aromatic N) is 8. The normalized spacial score (nSPS) is 14.1. The van der Waals surface area contributed by atoms with Crippen molar-refractivity contribution in [3.05, 3.63) is 456 Å². The van der Waals surface area contributed by atoms with Crippen molar-refractivity contribution in [3.8, 4) is 89.8 Å². The maximum Gasteiger partial charge on any atom is 0.221 e. The molecule has 0 unspecified atom stereocenters. The molecule has 8 nitrogen and oxygen atoms in total. The summed E-state index contributed by atoms with van der Waals surface area (Å²) in [6.07, 6.45) is 0. The van der Waals surface area contributed by atoms with Gasteiger partial charge >= 0.3 is 0 Å². The molecular weight excluding hydrogens is 1540 g/mol. The van der Waals surface area contributed by atoms with Gasteiger partial charge in [-0.3, -0.25) is 17.9 Å². The highest BCUT2D eigenvalue weighted by Gasteiger charge is 2.59. The first kappa shape index (κ1) is 69.1. The molecule has 0 N–H and O–H groups in total. The molecule has 2 spiro atoms. The van der Waals surface area contributed by atoms with E-state index in [2.05, 4.69) is 432 Å². The Labute approximate surface area is 729 Å².